The Morgan fingerprint density at radius 2 is 1.82 bits per heavy atom. The highest BCUT2D eigenvalue weighted by molar-refractivity contribution is 7.89. The number of nitriles is 1. The first-order valence-electron chi connectivity index (χ1n) is 10.7. The number of nitrogens with two attached hydrogens (primary N) is 2. The summed E-state index contributed by atoms with van der Waals surface area (Å²) in [6.45, 7) is 4.04. The van der Waals surface area contributed by atoms with Crippen LogP contribution in [-0.4, -0.2) is 21.3 Å². The molecule has 0 radical (unpaired) electrons. The molecule has 8 nitrogen and oxygen atoms in total. The molecule has 0 spiro atoms. The number of hydrogen-bond donors (Lipinski definition) is 2. The second-order valence-electron chi connectivity index (χ2n) is 9.30. The number of carbonyl (C=O) groups is 1. The van der Waals surface area contributed by atoms with Crippen molar-refractivity contribution < 1.29 is 17.9 Å². The predicted octanol–water partition coefficient (Wildman–Crippen LogP) is 3.28. The fraction of sp³-hybridized carbons (Fsp3) is 0.280. The second kappa shape index (κ2) is 8.31. The van der Waals surface area contributed by atoms with Gasteiger partial charge in [-0.3, -0.25) is 9.69 Å². The van der Waals surface area contributed by atoms with E-state index in [1.807, 2.05) is 26.0 Å². The van der Waals surface area contributed by atoms with E-state index in [1.165, 1.54) is 12.1 Å². The van der Waals surface area contributed by atoms with Gasteiger partial charge in [0.25, 0.3) is 0 Å². The highest BCUT2D eigenvalue weighted by atomic mass is 32.2. The van der Waals surface area contributed by atoms with Gasteiger partial charge in [-0.2, -0.15) is 5.26 Å². The van der Waals surface area contributed by atoms with Crippen LogP contribution in [0.1, 0.15) is 38.2 Å². The summed E-state index contributed by atoms with van der Waals surface area (Å²) in [4.78, 5) is 15.2. The molecule has 0 unspecified atom stereocenters. The molecule has 4 rings (SSSR count). The van der Waals surface area contributed by atoms with Crippen LogP contribution < -0.4 is 20.5 Å². The molecule has 176 valence electrons. The third kappa shape index (κ3) is 4.06. The van der Waals surface area contributed by atoms with E-state index in [-0.39, 0.29) is 27.5 Å². The van der Waals surface area contributed by atoms with Crippen molar-refractivity contribution in [1.29, 1.82) is 5.26 Å². The van der Waals surface area contributed by atoms with Gasteiger partial charge < -0.3 is 10.5 Å². The minimum Gasteiger partial charge on any atom is -0.497 e. The number of rotatable bonds is 4. The van der Waals surface area contributed by atoms with Gasteiger partial charge in [-0.05, 0) is 41.7 Å². The number of hydrogen-bond acceptors (Lipinski definition) is 7. The van der Waals surface area contributed by atoms with E-state index in [2.05, 4.69) is 6.07 Å². The standard InChI is InChI=1S/C25H26N4O4S/c1-25(2)12-20-23(21(30)13-25)22(15-7-9-18(10-8-15)34(28,31)32)19(14-26)24(27)29(20)16-5-4-6-17(11-16)33-3/h4-11,22H,12-13,27H2,1-3H3,(H2,28,31,32)/t22-/m0/s1. The smallest absolute Gasteiger partial charge is 0.238 e. The number of ketones is 1. The predicted molar refractivity (Wildman–Crippen MR) is 128 cm³/mol. The summed E-state index contributed by atoms with van der Waals surface area (Å²) in [5.74, 6) is 0.0634. The van der Waals surface area contributed by atoms with Crippen LogP contribution in [0.5, 0.6) is 5.75 Å². The molecule has 0 amide bonds. The Labute approximate surface area is 199 Å². The van der Waals surface area contributed by atoms with Gasteiger partial charge in [-0.15, -0.1) is 0 Å². The monoisotopic (exact) mass is 478 g/mol. The lowest BCUT2D eigenvalue weighted by molar-refractivity contribution is -0.118. The number of allylic oxidation sites excluding steroid dienone is 3. The molecule has 2 aliphatic rings. The van der Waals surface area contributed by atoms with E-state index in [0.717, 1.165) is 5.70 Å². The van der Waals surface area contributed by atoms with Crippen LogP contribution in [0.25, 0.3) is 0 Å². The average molecular weight is 479 g/mol. The van der Waals surface area contributed by atoms with Crippen LogP contribution in [0.15, 0.2) is 76.1 Å². The summed E-state index contributed by atoms with van der Waals surface area (Å²) in [6.07, 6.45) is 0.888. The molecule has 0 bridgehead atoms. The number of Topliss-reactive ketones (excluding diaryl/α,β-unsaturated/α-hetero) is 1. The third-order valence-electron chi connectivity index (χ3n) is 6.23. The van der Waals surface area contributed by atoms with Crippen LogP contribution in [-0.2, 0) is 14.8 Å². The summed E-state index contributed by atoms with van der Waals surface area (Å²) >= 11 is 0. The summed E-state index contributed by atoms with van der Waals surface area (Å²) < 4.78 is 28.8. The molecule has 1 aliphatic carbocycles. The Bertz CT molecular complexity index is 1380. The number of anilines is 1. The molecule has 2 aromatic carbocycles. The van der Waals surface area contributed by atoms with Gasteiger partial charge >= 0.3 is 0 Å². The number of sulfonamides is 1. The van der Waals surface area contributed by atoms with E-state index in [0.29, 0.717) is 35.4 Å². The van der Waals surface area contributed by atoms with Crippen LogP contribution in [0.4, 0.5) is 5.69 Å². The molecule has 0 saturated heterocycles. The van der Waals surface area contributed by atoms with Crippen molar-refractivity contribution >= 4 is 21.5 Å². The van der Waals surface area contributed by atoms with Crippen molar-refractivity contribution in [3.05, 3.63) is 76.8 Å². The van der Waals surface area contributed by atoms with Gasteiger partial charge in [0.05, 0.1) is 35.3 Å². The Kier molecular flexibility index (Phi) is 5.75. The van der Waals surface area contributed by atoms with Gasteiger partial charge in [-0.25, -0.2) is 13.6 Å². The SMILES string of the molecule is COc1cccc(N2C(N)=C(C#N)[C@H](c3ccc(S(N)(=O)=O)cc3)C3=C2CC(C)(C)CC3=O)c1. The van der Waals surface area contributed by atoms with Crippen molar-refractivity contribution in [2.24, 2.45) is 16.3 Å². The van der Waals surface area contributed by atoms with E-state index in [1.54, 1.807) is 36.3 Å². The number of nitrogens with zero attached hydrogens (tertiary/aromatic N) is 2. The normalized spacial score (nSPS) is 20.1. The Morgan fingerprint density at radius 1 is 1.15 bits per heavy atom. The van der Waals surface area contributed by atoms with E-state index in [4.69, 9.17) is 15.6 Å². The first kappa shape index (κ1) is 23.5. The van der Waals surface area contributed by atoms with E-state index >= 15 is 0 Å². The highest BCUT2D eigenvalue weighted by Gasteiger charge is 2.44. The maximum absolute atomic E-state index is 13.5. The quantitative estimate of drug-likeness (QED) is 0.687. The topological polar surface area (TPSA) is 140 Å². The first-order valence-corrected chi connectivity index (χ1v) is 12.2. The lowest BCUT2D eigenvalue weighted by atomic mass is 9.68. The van der Waals surface area contributed by atoms with Crippen LogP contribution in [0, 0.1) is 16.7 Å². The molecule has 1 heterocycles. The number of benzene rings is 2. The maximum atomic E-state index is 13.5. The Morgan fingerprint density at radius 3 is 2.41 bits per heavy atom. The summed E-state index contributed by atoms with van der Waals surface area (Å²) in [5.41, 5.74) is 9.03. The van der Waals surface area contributed by atoms with Crippen LogP contribution >= 0.6 is 0 Å². The molecule has 0 saturated carbocycles. The summed E-state index contributed by atoms with van der Waals surface area (Å²) in [7, 11) is -2.32. The van der Waals surface area contributed by atoms with Gasteiger partial charge in [0, 0.05) is 23.8 Å². The molecule has 0 aromatic heterocycles. The first-order chi connectivity index (χ1) is 16.0. The lowest BCUT2D eigenvalue weighted by Crippen LogP contribution is -2.42. The molecular weight excluding hydrogens is 452 g/mol. The van der Waals surface area contributed by atoms with Gasteiger partial charge in [-0.1, -0.05) is 32.0 Å². The van der Waals surface area contributed by atoms with Crippen molar-refractivity contribution in [2.45, 2.75) is 37.5 Å². The summed E-state index contributed by atoms with van der Waals surface area (Å²) in [6, 6.07) is 15.4. The van der Waals surface area contributed by atoms with Crippen LogP contribution in [0.2, 0.25) is 0 Å². The van der Waals surface area contributed by atoms with Gasteiger partial charge in [0.1, 0.15) is 11.6 Å². The number of methoxy groups -OCH3 is 1. The highest BCUT2D eigenvalue weighted by Crippen LogP contribution is 2.50. The minimum absolute atomic E-state index is 0.0502. The second-order valence-corrected chi connectivity index (χ2v) is 10.9. The van der Waals surface area contributed by atoms with Crippen molar-refractivity contribution in [3.8, 4) is 11.8 Å². The number of carbonyl (C=O) groups excluding carboxylic acids is 1. The van der Waals surface area contributed by atoms with Crippen LogP contribution in [0.3, 0.4) is 0 Å². The van der Waals surface area contributed by atoms with Crippen molar-refractivity contribution in [3.63, 3.8) is 0 Å². The third-order valence-corrected chi connectivity index (χ3v) is 7.16. The fourth-order valence-electron chi connectivity index (χ4n) is 4.74. The largest absolute Gasteiger partial charge is 0.497 e. The maximum Gasteiger partial charge on any atom is 0.238 e. The van der Waals surface area contributed by atoms with Crippen molar-refractivity contribution in [1.82, 2.24) is 0 Å². The molecular formula is C25H26N4O4S. The van der Waals surface area contributed by atoms with Gasteiger partial charge in [0.2, 0.25) is 10.0 Å². The molecule has 9 heteroatoms. The Balaban J connectivity index is 1.97. The minimum atomic E-state index is -3.88. The molecule has 34 heavy (non-hydrogen) atoms. The van der Waals surface area contributed by atoms with E-state index in [9.17, 15) is 18.5 Å². The molecule has 1 aliphatic heterocycles. The Hall–Kier alpha value is -3.61. The molecule has 4 N–H and O–H groups in total. The number of ether oxygens (including phenoxy) is 1. The summed E-state index contributed by atoms with van der Waals surface area (Å²) in [5, 5.41) is 15.4. The molecule has 1 atom stereocenters. The number of primary sulfonamides is 1. The van der Waals surface area contributed by atoms with Crippen molar-refractivity contribution in [2.75, 3.05) is 12.0 Å². The zero-order valence-corrected chi connectivity index (χ0v) is 20.0. The van der Waals surface area contributed by atoms with Gasteiger partial charge in [0.15, 0.2) is 5.78 Å². The van der Waals surface area contributed by atoms with E-state index < -0.39 is 15.9 Å². The molecule has 0 fully saturated rings. The molecule has 2 aromatic rings. The lowest BCUT2D eigenvalue weighted by Gasteiger charge is -2.43. The average Bonchev–Trinajstić information content (AvgIpc) is 2.77. The fourth-order valence-corrected chi connectivity index (χ4v) is 5.25. The zero-order chi connectivity index (χ0) is 24.8. The zero-order valence-electron chi connectivity index (χ0n) is 19.2.